The highest BCUT2D eigenvalue weighted by atomic mass is 35.5. The summed E-state index contributed by atoms with van der Waals surface area (Å²) in [6, 6.07) is 11.6. The molecule has 1 N–H and O–H groups in total. The first-order valence-electron chi connectivity index (χ1n) is 8.28. The van der Waals surface area contributed by atoms with E-state index in [2.05, 4.69) is 10.2 Å². The highest BCUT2D eigenvalue weighted by Gasteiger charge is 2.20. The highest BCUT2D eigenvalue weighted by Crippen LogP contribution is 2.23. The lowest BCUT2D eigenvalue weighted by molar-refractivity contribution is 0.0664. The molecule has 0 saturated carbocycles. The third-order valence-corrected chi connectivity index (χ3v) is 5.10. The van der Waals surface area contributed by atoms with Gasteiger partial charge in [0.15, 0.2) is 0 Å². The molecule has 5 nitrogen and oxygen atoms in total. The number of rotatable bonds is 3. The molecule has 1 saturated heterocycles. The van der Waals surface area contributed by atoms with Gasteiger partial charge in [0.1, 0.15) is 0 Å². The third-order valence-electron chi connectivity index (χ3n) is 4.36. The predicted octanol–water partition coefficient (Wildman–Crippen LogP) is 3.63. The molecular weight excluding hydrogens is 373 g/mol. The Labute approximate surface area is 162 Å². The molecule has 1 aliphatic heterocycles. The number of hydrogen-bond acceptors (Lipinski definition) is 3. The summed E-state index contributed by atoms with van der Waals surface area (Å²) in [5.41, 5.74) is 1.63. The Kier molecular flexibility index (Phi) is 5.81. The minimum Gasteiger partial charge on any atom is -0.336 e. The maximum absolute atomic E-state index is 12.5. The minimum atomic E-state index is -0.290. The topological polar surface area (TPSA) is 52.6 Å². The van der Waals surface area contributed by atoms with Gasteiger partial charge in [0.05, 0.1) is 10.0 Å². The van der Waals surface area contributed by atoms with Crippen LogP contribution in [0.15, 0.2) is 42.5 Å². The van der Waals surface area contributed by atoms with Crippen LogP contribution in [-0.4, -0.2) is 54.8 Å². The fourth-order valence-electron chi connectivity index (χ4n) is 2.73. The molecule has 0 aromatic heterocycles. The molecular formula is C19H19Cl2N3O2. The minimum absolute atomic E-state index is 0.0143. The van der Waals surface area contributed by atoms with Gasteiger partial charge in [0.25, 0.3) is 11.8 Å². The maximum atomic E-state index is 12.5. The fourth-order valence-corrected chi connectivity index (χ4v) is 3.03. The number of carbonyl (C=O) groups excluding carboxylic acids is 2. The normalized spacial score (nSPS) is 15.0. The summed E-state index contributed by atoms with van der Waals surface area (Å²) in [4.78, 5) is 28.9. The van der Waals surface area contributed by atoms with Crippen molar-refractivity contribution in [2.24, 2.45) is 0 Å². The molecule has 26 heavy (non-hydrogen) atoms. The molecule has 1 fully saturated rings. The molecule has 7 heteroatoms. The van der Waals surface area contributed by atoms with E-state index in [1.165, 1.54) is 6.07 Å². The van der Waals surface area contributed by atoms with Crippen LogP contribution in [0.3, 0.4) is 0 Å². The van der Waals surface area contributed by atoms with Crippen LogP contribution in [0.4, 0.5) is 5.69 Å². The number of halogens is 2. The first-order chi connectivity index (χ1) is 12.4. The molecule has 3 rings (SSSR count). The van der Waals surface area contributed by atoms with Crippen molar-refractivity contribution in [2.45, 2.75) is 0 Å². The van der Waals surface area contributed by atoms with Crippen molar-refractivity contribution in [3.63, 3.8) is 0 Å². The lowest BCUT2D eigenvalue weighted by atomic mass is 10.1. The molecule has 2 aromatic rings. The largest absolute Gasteiger partial charge is 0.336 e. The van der Waals surface area contributed by atoms with Gasteiger partial charge in [0.2, 0.25) is 0 Å². The van der Waals surface area contributed by atoms with E-state index in [1.54, 1.807) is 36.4 Å². The first-order valence-corrected chi connectivity index (χ1v) is 9.04. The van der Waals surface area contributed by atoms with Gasteiger partial charge < -0.3 is 15.1 Å². The van der Waals surface area contributed by atoms with Crippen LogP contribution in [0.5, 0.6) is 0 Å². The Bertz CT molecular complexity index is 816. The fraction of sp³-hybridized carbons (Fsp3) is 0.263. The number of amides is 2. The number of nitrogens with zero attached hydrogens (tertiary/aromatic N) is 2. The molecule has 0 atom stereocenters. The summed E-state index contributed by atoms with van der Waals surface area (Å²) in [6.45, 7) is 3.21. The zero-order valence-electron chi connectivity index (χ0n) is 14.3. The summed E-state index contributed by atoms with van der Waals surface area (Å²) in [6.07, 6.45) is 0. The third kappa shape index (κ3) is 4.36. The summed E-state index contributed by atoms with van der Waals surface area (Å²) in [5.74, 6) is -0.276. The van der Waals surface area contributed by atoms with Gasteiger partial charge in [-0.25, -0.2) is 0 Å². The van der Waals surface area contributed by atoms with E-state index in [4.69, 9.17) is 23.2 Å². The standard InChI is InChI=1S/C19H19Cl2N3O2/c1-23-8-10-24(11-9-23)19(26)13-2-5-15(6-3-13)22-18(25)14-4-7-16(20)17(21)12-14/h2-7,12H,8-11H2,1H3,(H,22,25). The van der Waals surface area contributed by atoms with Crippen molar-refractivity contribution in [3.8, 4) is 0 Å². The van der Waals surface area contributed by atoms with Crippen LogP contribution < -0.4 is 5.32 Å². The summed E-state index contributed by atoms with van der Waals surface area (Å²) in [5, 5.41) is 3.51. The van der Waals surface area contributed by atoms with Gasteiger partial charge in [-0.05, 0) is 49.5 Å². The number of anilines is 1. The molecule has 2 aromatic carbocycles. The number of likely N-dealkylation sites (N-methyl/N-ethyl adjacent to an activating group) is 1. The Morgan fingerprint density at radius 1 is 0.885 bits per heavy atom. The zero-order chi connectivity index (χ0) is 18.7. The Balaban J connectivity index is 1.64. The SMILES string of the molecule is CN1CCN(C(=O)c2ccc(NC(=O)c3ccc(Cl)c(Cl)c3)cc2)CC1. The van der Waals surface area contributed by atoms with E-state index in [9.17, 15) is 9.59 Å². The van der Waals surface area contributed by atoms with Gasteiger partial charge in [-0.2, -0.15) is 0 Å². The second kappa shape index (κ2) is 8.08. The van der Waals surface area contributed by atoms with Crippen molar-refractivity contribution in [3.05, 3.63) is 63.6 Å². The summed E-state index contributed by atoms with van der Waals surface area (Å²) >= 11 is 11.8. The molecule has 0 aliphatic carbocycles. The summed E-state index contributed by atoms with van der Waals surface area (Å²) < 4.78 is 0. The van der Waals surface area contributed by atoms with E-state index in [0.29, 0.717) is 26.9 Å². The monoisotopic (exact) mass is 391 g/mol. The summed E-state index contributed by atoms with van der Waals surface area (Å²) in [7, 11) is 2.05. The molecule has 0 spiro atoms. The second-order valence-corrected chi connectivity index (χ2v) is 7.07. The number of carbonyl (C=O) groups is 2. The smallest absolute Gasteiger partial charge is 0.255 e. The van der Waals surface area contributed by atoms with Gasteiger partial charge in [-0.1, -0.05) is 23.2 Å². The van der Waals surface area contributed by atoms with Crippen molar-refractivity contribution >= 4 is 40.7 Å². The van der Waals surface area contributed by atoms with Crippen molar-refractivity contribution in [1.82, 2.24) is 9.80 Å². The van der Waals surface area contributed by atoms with E-state index in [-0.39, 0.29) is 11.8 Å². The van der Waals surface area contributed by atoms with Crippen LogP contribution in [0.1, 0.15) is 20.7 Å². The van der Waals surface area contributed by atoms with Gasteiger partial charge >= 0.3 is 0 Å². The van der Waals surface area contributed by atoms with Crippen LogP contribution in [0, 0.1) is 0 Å². The van der Waals surface area contributed by atoms with Crippen molar-refractivity contribution in [1.29, 1.82) is 0 Å². The van der Waals surface area contributed by atoms with Crippen LogP contribution in [-0.2, 0) is 0 Å². The lowest BCUT2D eigenvalue weighted by Crippen LogP contribution is -2.47. The average Bonchev–Trinajstić information content (AvgIpc) is 2.64. The Morgan fingerprint density at radius 3 is 2.12 bits per heavy atom. The molecule has 1 heterocycles. The molecule has 1 aliphatic rings. The van der Waals surface area contributed by atoms with Crippen molar-refractivity contribution < 1.29 is 9.59 Å². The van der Waals surface area contributed by atoms with E-state index in [1.807, 2.05) is 11.9 Å². The van der Waals surface area contributed by atoms with E-state index in [0.717, 1.165) is 26.2 Å². The lowest BCUT2D eigenvalue weighted by Gasteiger charge is -2.32. The molecule has 0 bridgehead atoms. The van der Waals surface area contributed by atoms with E-state index < -0.39 is 0 Å². The molecule has 136 valence electrons. The second-order valence-electron chi connectivity index (χ2n) is 6.26. The van der Waals surface area contributed by atoms with Gasteiger partial charge in [0, 0.05) is 43.0 Å². The Morgan fingerprint density at radius 2 is 1.50 bits per heavy atom. The highest BCUT2D eigenvalue weighted by molar-refractivity contribution is 6.42. The maximum Gasteiger partial charge on any atom is 0.255 e. The first kappa shape index (κ1) is 18.7. The number of hydrogen-bond donors (Lipinski definition) is 1. The molecule has 2 amide bonds. The van der Waals surface area contributed by atoms with Crippen molar-refractivity contribution in [2.75, 3.05) is 38.5 Å². The predicted molar refractivity (Wildman–Crippen MR) is 104 cm³/mol. The average molecular weight is 392 g/mol. The molecule has 0 radical (unpaired) electrons. The quantitative estimate of drug-likeness (QED) is 0.868. The number of piperazine rings is 1. The Hall–Kier alpha value is -2.08. The van der Waals surface area contributed by atoms with Crippen LogP contribution >= 0.6 is 23.2 Å². The van der Waals surface area contributed by atoms with Gasteiger partial charge in [-0.3, -0.25) is 9.59 Å². The number of benzene rings is 2. The number of nitrogens with one attached hydrogen (secondary N) is 1. The van der Waals surface area contributed by atoms with Crippen LogP contribution in [0.2, 0.25) is 10.0 Å². The van der Waals surface area contributed by atoms with Crippen LogP contribution in [0.25, 0.3) is 0 Å². The van der Waals surface area contributed by atoms with E-state index >= 15 is 0 Å². The zero-order valence-corrected chi connectivity index (χ0v) is 15.8. The van der Waals surface area contributed by atoms with Gasteiger partial charge in [-0.15, -0.1) is 0 Å². The molecule has 0 unspecified atom stereocenters.